The fraction of sp³-hybridized carbons (Fsp3) is 0.483. The highest BCUT2D eigenvalue weighted by atomic mass is 35.5. The Balaban J connectivity index is 2.56. The highest BCUT2D eigenvalue weighted by Crippen LogP contribution is 2.31. The summed E-state index contributed by atoms with van der Waals surface area (Å²) in [7, 11) is 0. The molecule has 0 aromatic heterocycles. The SMILES string of the molecule is CCCCCN(C(=O)C(CS)NC(=O)OC(C)(C)C)C(C(=O)Nc1c(C)cccc1Cl)c1ccc(O)c(C)c1. The van der Waals surface area contributed by atoms with Crippen molar-refractivity contribution in [1.29, 1.82) is 0 Å². The number of halogens is 1. The zero-order valence-corrected chi connectivity index (χ0v) is 25.2. The number of phenols is 1. The number of nitrogens with zero attached hydrogens (tertiary/aromatic N) is 1. The van der Waals surface area contributed by atoms with Crippen molar-refractivity contribution in [2.75, 3.05) is 17.6 Å². The molecule has 0 heterocycles. The number of amides is 3. The van der Waals surface area contributed by atoms with E-state index in [0.29, 0.717) is 28.3 Å². The first-order valence-electron chi connectivity index (χ1n) is 13.0. The number of aromatic hydroxyl groups is 1. The van der Waals surface area contributed by atoms with Crippen LogP contribution in [-0.4, -0.2) is 51.9 Å². The molecule has 3 amide bonds. The zero-order chi connectivity index (χ0) is 29.3. The number of hydrogen-bond donors (Lipinski definition) is 4. The molecule has 0 saturated carbocycles. The second kappa shape index (κ2) is 14.5. The molecule has 8 nitrogen and oxygen atoms in total. The van der Waals surface area contributed by atoms with Crippen molar-refractivity contribution in [1.82, 2.24) is 10.2 Å². The third-order valence-corrected chi connectivity index (χ3v) is 6.70. The molecule has 214 valence electrons. The van der Waals surface area contributed by atoms with Crippen LogP contribution < -0.4 is 10.6 Å². The molecule has 2 aromatic rings. The molecular weight excluding hydrogens is 538 g/mol. The van der Waals surface area contributed by atoms with Crippen LogP contribution >= 0.6 is 24.2 Å². The van der Waals surface area contributed by atoms with Gasteiger partial charge in [0.1, 0.15) is 23.4 Å². The van der Waals surface area contributed by atoms with Gasteiger partial charge in [-0.3, -0.25) is 9.59 Å². The van der Waals surface area contributed by atoms with E-state index in [4.69, 9.17) is 16.3 Å². The predicted molar refractivity (Wildman–Crippen MR) is 159 cm³/mol. The number of phenolic OH excluding ortho intramolecular Hbond substituents is 1. The second-order valence-corrected chi connectivity index (χ2v) is 11.3. The summed E-state index contributed by atoms with van der Waals surface area (Å²) >= 11 is 10.7. The number of carbonyl (C=O) groups excluding carboxylic acids is 3. The van der Waals surface area contributed by atoms with E-state index >= 15 is 0 Å². The fourth-order valence-electron chi connectivity index (χ4n) is 4.04. The van der Waals surface area contributed by atoms with Gasteiger partial charge in [0.05, 0.1) is 10.7 Å². The lowest BCUT2D eigenvalue weighted by Gasteiger charge is -2.34. The number of carbonyl (C=O) groups is 3. The predicted octanol–water partition coefficient (Wildman–Crippen LogP) is 6.18. The molecule has 0 saturated heterocycles. The fourth-order valence-corrected chi connectivity index (χ4v) is 4.55. The van der Waals surface area contributed by atoms with Crippen LogP contribution in [0.3, 0.4) is 0 Å². The van der Waals surface area contributed by atoms with Gasteiger partial charge in [-0.1, -0.05) is 49.6 Å². The molecule has 2 atom stereocenters. The molecule has 39 heavy (non-hydrogen) atoms. The molecule has 2 rings (SSSR count). The third kappa shape index (κ3) is 9.35. The van der Waals surface area contributed by atoms with Crippen molar-refractivity contribution in [3.8, 4) is 5.75 Å². The molecule has 3 N–H and O–H groups in total. The van der Waals surface area contributed by atoms with E-state index in [1.165, 1.54) is 11.0 Å². The average Bonchev–Trinajstić information content (AvgIpc) is 2.85. The van der Waals surface area contributed by atoms with Crippen LogP contribution in [0.1, 0.15) is 69.7 Å². The number of ether oxygens (including phenoxy) is 1. The summed E-state index contributed by atoms with van der Waals surface area (Å²) in [6.07, 6.45) is 1.63. The summed E-state index contributed by atoms with van der Waals surface area (Å²) in [5, 5.41) is 16.0. The summed E-state index contributed by atoms with van der Waals surface area (Å²) in [6.45, 7) is 11.0. The summed E-state index contributed by atoms with van der Waals surface area (Å²) in [4.78, 5) is 41.9. The van der Waals surface area contributed by atoms with Crippen LogP contribution in [0, 0.1) is 13.8 Å². The van der Waals surface area contributed by atoms with Crippen LogP contribution in [0.15, 0.2) is 36.4 Å². The van der Waals surface area contributed by atoms with E-state index in [1.807, 2.05) is 19.9 Å². The lowest BCUT2D eigenvalue weighted by atomic mass is 9.99. The monoisotopic (exact) mass is 577 g/mol. The topological polar surface area (TPSA) is 108 Å². The highest BCUT2D eigenvalue weighted by molar-refractivity contribution is 7.80. The number of para-hydroxylation sites is 1. The van der Waals surface area contributed by atoms with Gasteiger partial charge in [-0.2, -0.15) is 12.6 Å². The molecule has 0 aliphatic carbocycles. The van der Waals surface area contributed by atoms with E-state index in [-0.39, 0.29) is 18.0 Å². The maximum Gasteiger partial charge on any atom is 0.408 e. The van der Waals surface area contributed by atoms with Gasteiger partial charge in [-0.15, -0.1) is 0 Å². The van der Waals surface area contributed by atoms with Gasteiger partial charge >= 0.3 is 6.09 Å². The van der Waals surface area contributed by atoms with Crippen molar-refractivity contribution in [2.45, 2.75) is 78.5 Å². The van der Waals surface area contributed by atoms with Crippen LogP contribution in [0.25, 0.3) is 0 Å². The Labute approximate surface area is 241 Å². The molecule has 0 aliphatic rings. The Bertz CT molecular complexity index is 1150. The Morgan fingerprint density at radius 3 is 2.36 bits per heavy atom. The van der Waals surface area contributed by atoms with Gasteiger partial charge in [-0.25, -0.2) is 4.79 Å². The number of nitrogens with one attached hydrogen (secondary N) is 2. The van der Waals surface area contributed by atoms with Crippen LogP contribution in [-0.2, 0) is 14.3 Å². The van der Waals surface area contributed by atoms with E-state index in [1.54, 1.807) is 52.0 Å². The van der Waals surface area contributed by atoms with Gasteiger partial charge in [0.2, 0.25) is 5.91 Å². The molecule has 0 spiro atoms. The lowest BCUT2D eigenvalue weighted by molar-refractivity contribution is -0.140. The zero-order valence-electron chi connectivity index (χ0n) is 23.5. The number of unbranched alkanes of at least 4 members (excludes halogenated alkanes) is 2. The van der Waals surface area contributed by atoms with Gasteiger partial charge in [0.25, 0.3) is 5.91 Å². The van der Waals surface area contributed by atoms with E-state index < -0.39 is 35.6 Å². The van der Waals surface area contributed by atoms with Crippen molar-refractivity contribution in [3.63, 3.8) is 0 Å². The van der Waals surface area contributed by atoms with Crippen LogP contribution in [0.4, 0.5) is 10.5 Å². The minimum Gasteiger partial charge on any atom is -0.508 e. The third-order valence-electron chi connectivity index (χ3n) is 6.02. The summed E-state index contributed by atoms with van der Waals surface area (Å²) in [5.41, 5.74) is 1.52. The summed E-state index contributed by atoms with van der Waals surface area (Å²) in [6, 6.07) is 7.96. The number of benzene rings is 2. The Morgan fingerprint density at radius 1 is 1.10 bits per heavy atom. The first-order valence-corrected chi connectivity index (χ1v) is 14.1. The Kier molecular flexibility index (Phi) is 12.0. The normalized spacial score (nSPS) is 12.8. The van der Waals surface area contributed by atoms with E-state index in [0.717, 1.165) is 18.4 Å². The largest absolute Gasteiger partial charge is 0.508 e. The highest BCUT2D eigenvalue weighted by Gasteiger charge is 2.36. The molecule has 0 aliphatic heterocycles. The van der Waals surface area contributed by atoms with Gasteiger partial charge in [-0.05, 0) is 75.9 Å². The first kappa shape index (κ1) is 32.3. The second-order valence-electron chi connectivity index (χ2n) is 10.5. The molecule has 2 aromatic carbocycles. The first-order chi connectivity index (χ1) is 18.3. The van der Waals surface area contributed by atoms with Crippen molar-refractivity contribution in [2.24, 2.45) is 0 Å². The van der Waals surface area contributed by atoms with Crippen LogP contribution in [0.2, 0.25) is 5.02 Å². The quantitative estimate of drug-likeness (QED) is 0.188. The summed E-state index contributed by atoms with van der Waals surface area (Å²) < 4.78 is 5.35. The number of hydrogen-bond acceptors (Lipinski definition) is 6. The Hall–Kier alpha value is -2.91. The van der Waals surface area contributed by atoms with E-state index in [9.17, 15) is 19.5 Å². The summed E-state index contributed by atoms with van der Waals surface area (Å²) in [5.74, 6) is -0.886. The van der Waals surface area contributed by atoms with Crippen molar-refractivity contribution >= 4 is 47.8 Å². The molecule has 10 heteroatoms. The van der Waals surface area contributed by atoms with Gasteiger partial charge < -0.3 is 25.4 Å². The Morgan fingerprint density at radius 2 is 1.79 bits per heavy atom. The number of alkyl carbamates (subject to hydrolysis) is 1. The maximum atomic E-state index is 14.0. The molecule has 0 fully saturated rings. The van der Waals surface area contributed by atoms with E-state index in [2.05, 4.69) is 23.3 Å². The smallest absolute Gasteiger partial charge is 0.408 e. The lowest BCUT2D eigenvalue weighted by Crippen LogP contribution is -2.53. The number of anilines is 1. The maximum absolute atomic E-state index is 14.0. The number of thiol groups is 1. The number of rotatable bonds is 11. The number of aryl methyl sites for hydroxylation is 2. The van der Waals surface area contributed by atoms with Gasteiger partial charge in [0.15, 0.2) is 0 Å². The van der Waals surface area contributed by atoms with Crippen molar-refractivity contribution in [3.05, 3.63) is 58.1 Å². The minimum absolute atomic E-state index is 0.00504. The van der Waals surface area contributed by atoms with Crippen molar-refractivity contribution < 1.29 is 24.2 Å². The molecular formula is C29H40ClN3O5S. The van der Waals surface area contributed by atoms with Gasteiger partial charge in [0, 0.05) is 12.3 Å². The average molecular weight is 578 g/mol. The standard InChI is InChI=1S/C29H40ClN3O5S/c1-7-8-9-15-33(27(36)22(17-39)31-28(37)38-29(4,5)6)25(20-13-14-23(34)19(3)16-20)26(35)32-24-18(2)11-10-12-21(24)30/h10-14,16,22,25,34,39H,7-9,15,17H2,1-6H3,(H,31,37)(H,32,35). The minimum atomic E-state index is -1.08. The van der Waals surface area contributed by atoms with Crippen LogP contribution in [0.5, 0.6) is 5.75 Å². The molecule has 0 radical (unpaired) electrons. The molecule has 0 bridgehead atoms. The molecule has 2 unspecified atom stereocenters.